The van der Waals surface area contributed by atoms with E-state index in [9.17, 15) is 32.7 Å². The van der Waals surface area contributed by atoms with Gasteiger partial charge in [0.05, 0.1) is 6.61 Å². The Morgan fingerprint density at radius 2 is 1.83 bits per heavy atom. The van der Waals surface area contributed by atoms with Gasteiger partial charge < -0.3 is 19.1 Å². The summed E-state index contributed by atoms with van der Waals surface area (Å²) in [6.45, 7) is 1.18. The molecule has 14 heteroatoms. The molecule has 0 amide bonds. The topological polar surface area (TPSA) is 118 Å². The number of rotatable bonds is 10. The fourth-order valence-corrected chi connectivity index (χ4v) is 4.60. The van der Waals surface area contributed by atoms with Crippen LogP contribution in [0.4, 0.5) is 13.2 Å². The first-order chi connectivity index (χ1) is 19.4. The molecule has 1 N–H and O–H groups in total. The average Bonchev–Trinajstić information content (AvgIpc) is 3.27. The van der Waals surface area contributed by atoms with Crippen LogP contribution in [0.5, 0.6) is 5.75 Å². The molecule has 41 heavy (non-hydrogen) atoms. The number of imidazole rings is 1. The predicted octanol–water partition coefficient (Wildman–Crippen LogP) is 3.57. The zero-order valence-electron chi connectivity index (χ0n) is 22.0. The van der Waals surface area contributed by atoms with Crippen LogP contribution in [-0.2, 0) is 29.7 Å². The molecule has 218 valence electrons. The van der Waals surface area contributed by atoms with Crippen LogP contribution < -0.4 is 16.0 Å². The third kappa shape index (κ3) is 6.46. The summed E-state index contributed by atoms with van der Waals surface area (Å²) in [5, 5.41) is 9.75. The summed E-state index contributed by atoms with van der Waals surface area (Å²) in [6, 6.07) is 11.5. The average molecular weight is 595 g/mol. The number of benzene rings is 2. The van der Waals surface area contributed by atoms with Crippen LogP contribution in [0.3, 0.4) is 0 Å². The fraction of sp³-hybridized carbons (Fsp3) is 0.333. The molecule has 0 saturated carbocycles. The van der Waals surface area contributed by atoms with Crippen molar-refractivity contribution in [3.05, 3.63) is 91.3 Å². The molecular formula is C27H26ClF3N4O6. The van der Waals surface area contributed by atoms with Gasteiger partial charge in [0.15, 0.2) is 11.2 Å². The van der Waals surface area contributed by atoms with E-state index in [1.54, 1.807) is 31.2 Å². The number of carbonyl (C=O) groups excluding carboxylic acids is 1. The maximum absolute atomic E-state index is 13.7. The van der Waals surface area contributed by atoms with E-state index in [1.165, 1.54) is 23.7 Å². The molecule has 0 saturated heterocycles. The number of nitrogens with zero attached hydrogens (tertiary/aromatic N) is 4. The van der Waals surface area contributed by atoms with E-state index in [1.807, 2.05) is 0 Å². The van der Waals surface area contributed by atoms with Crippen molar-refractivity contribution in [1.82, 2.24) is 18.7 Å². The minimum absolute atomic E-state index is 0.00884. The first-order valence-electron chi connectivity index (χ1n) is 12.5. The highest BCUT2D eigenvalue weighted by Crippen LogP contribution is 2.32. The summed E-state index contributed by atoms with van der Waals surface area (Å²) < 4.78 is 51.8. The molecule has 4 aromatic rings. The smallest absolute Gasteiger partial charge is 0.465 e. The molecule has 2 aromatic heterocycles. The van der Waals surface area contributed by atoms with Crippen molar-refractivity contribution >= 4 is 28.7 Å². The largest absolute Gasteiger partial charge is 0.573 e. The number of aliphatic hydroxyl groups excluding tert-OH is 1. The third-order valence-corrected chi connectivity index (χ3v) is 6.51. The Bertz CT molecular complexity index is 1680. The summed E-state index contributed by atoms with van der Waals surface area (Å²) in [7, 11) is 1.40. The van der Waals surface area contributed by atoms with Gasteiger partial charge in [-0.2, -0.15) is 0 Å². The molecule has 2 heterocycles. The zero-order chi connectivity index (χ0) is 29.9. The van der Waals surface area contributed by atoms with E-state index in [2.05, 4.69) is 9.72 Å². The zero-order valence-corrected chi connectivity index (χ0v) is 22.8. The lowest BCUT2D eigenvalue weighted by molar-refractivity contribution is -0.274. The summed E-state index contributed by atoms with van der Waals surface area (Å²) in [4.78, 5) is 44.6. The van der Waals surface area contributed by atoms with Gasteiger partial charge in [0.25, 0.3) is 5.56 Å². The molecule has 1 unspecified atom stereocenters. The van der Waals surface area contributed by atoms with Gasteiger partial charge in [0.2, 0.25) is 0 Å². The lowest BCUT2D eigenvalue weighted by atomic mass is 9.97. The molecule has 1 atom stereocenters. The Morgan fingerprint density at radius 3 is 2.46 bits per heavy atom. The maximum atomic E-state index is 13.7. The Hall–Kier alpha value is -4.10. The monoisotopic (exact) mass is 594 g/mol. The first kappa shape index (κ1) is 29.9. The number of aromatic nitrogens is 4. The van der Waals surface area contributed by atoms with Crippen LogP contribution >= 0.6 is 11.6 Å². The molecule has 0 aliphatic heterocycles. The number of fused-ring (bicyclic) bond motifs is 1. The van der Waals surface area contributed by atoms with E-state index in [0.717, 1.165) is 21.3 Å². The Balaban J connectivity index is 2.03. The van der Waals surface area contributed by atoms with Crippen molar-refractivity contribution < 1.29 is 32.5 Å². The van der Waals surface area contributed by atoms with Crippen molar-refractivity contribution in [1.29, 1.82) is 0 Å². The van der Waals surface area contributed by atoms with Crippen molar-refractivity contribution in [3.63, 3.8) is 0 Å². The molecule has 0 aliphatic rings. The summed E-state index contributed by atoms with van der Waals surface area (Å²) in [6.07, 6.45) is -4.84. The molecule has 0 spiro atoms. The van der Waals surface area contributed by atoms with Crippen LogP contribution in [0, 0.1) is 0 Å². The van der Waals surface area contributed by atoms with E-state index < -0.39 is 35.2 Å². The predicted molar refractivity (Wildman–Crippen MR) is 143 cm³/mol. The quantitative estimate of drug-likeness (QED) is 0.279. The normalized spacial score (nSPS) is 12.5. The number of aliphatic hydroxyl groups is 1. The summed E-state index contributed by atoms with van der Waals surface area (Å²) in [5.74, 6) is -2.84. The van der Waals surface area contributed by atoms with Crippen LogP contribution in [-0.4, -0.2) is 49.3 Å². The van der Waals surface area contributed by atoms with Crippen molar-refractivity contribution in [3.8, 4) is 5.75 Å². The van der Waals surface area contributed by atoms with E-state index in [0.29, 0.717) is 10.6 Å². The molecule has 10 nitrogen and oxygen atoms in total. The summed E-state index contributed by atoms with van der Waals surface area (Å²) in [5.41, 5.74) is -0.744. The molecular weight excluding hydrogens is 569 g/mol. The standard InChI is InChI=1S/C27H26ClF3N4O6/c1-3-40-25(38)20(17-6-4-7-19(14-17)41-27(29,30)31)22-32-23-21(35(22)15-16-8-10-18(28)11-9-16)24(37)34(12-5-13-36)26(39)33(23)2/h4,6-11,14,20,36H,3,5,12-13,15H2,1-2H3. The second-order valence-electron chi connectivity index (χ2n) is 9.04. The summed E-state index contributed by atoms with van der Waals surface area (Å²) >= 11 is 6.04. The second-order valence-corrected chi connectivity index (χ2v) is 9.47. The van der Waals surface area contributed by atoms with Crippen LogP contribution in [0.1, 0.15) is 36.2 Å². The van der Waals surface area contributed by atoms with E-state index in [4.69, 9.17) is 16.3 Å². The Morgan fingerprint density at radius 1 is 1.12 bits per heavy atom. The second kappa shape index (κ2) is 12.2. The minimum atomic E-state index is -4.97. The molecule has 4 rings (SSSR count). The van der Waals surface area contributed by atoms with Gasteiger partial charge in [-0.05, 0) is 48.7 Å². The van der Waals surface area contributed by atoms with E-state index >= 15 is 0 Å². The maximum Gasteiger partial charge on any atom is 0.573 e. The van der Waals surface area contributed by atoms with Gasteiger partial charge >= 0.3 is 18.0 Å². The number of hydrogen-bond donors (Lipinski definition) is 1. The molecule has 0 aliphatic carbocycles. The van der Waals surface area contributed by atoms with Gasteiger partial charge in [0, 0.05) is 31.8 Å². The minimum Gasteiger partial charge on any atom is -0.465 e. The first-order valence-corrected chi connectivity index (χ1v) is 12.9. The molecule has 2 aromatic carbocycles. The lowest BCUT2D eigenvalue weighted by Gasteiger charge is -2.19. The fourth-order valence-electron chi connectivity index (χ4n) is 4.47. The van der Waals surface area contributed by atoms with Crippen molar-refractivity contribution in [2.75, 3.05) is 13.2 Å². The number of esters is 1. The number of hydrogen-bond acceptors (Lipinski definition) is 7. The van der Waals surface area contributed by atoms with Crippen LogP contribution in [0.25, 0.3) is 11.2 Å². The lowest BCUT2D eigenvalue weighted by Crippen LogP contribution is -2.40. The van der Waals surface area contributed by atoms with Gasteiger partial charge in [0.1, 0.15) is 17.5 Å². The Kier molecular flexibility index (Phi) is 8.88. The van der Waals surface area contributed by atoms with Gasteiger partial charge in [-0.3, -0.25) is 18.7 Å². The van der Waals surface area contributed by atoms with Crippen molar-refractivity contribution in [2.24, 2.45) is 7.05 Å². The SMILES string of the molecule is CCOC(=O)C(c1cccc(OC(F)(F)F)c1)c1nc2c(c(=O)n(CCCO)c(=O)n2C)n1Cc1ccc(Cl)cc1. The highest BCUT2D eigenvalue weighted by molar-refractivity contribution is 6.30. The molecule has 0 bridgehead atoms. The van der Waals surface area contributed by atoms with Crippen molar-refractivity contribution in [2.45, 2.75) is 38.7 Å². The van der Waals surface area contributed by atoms with Gasteiger partial charge in [-0.25, -0.2) is 9.78 Å². The van der Waals surface area contributed by atoms with E-state index in [-0.39, 0.29) is 55.3 Å². The highest BCUT2D eigenvalue weighted by atomic mass is 35.5. The van der Waals surface area contributed by atoms with Gasteiger partial charge in [-0.15, -0.1) is 13.2 Å². The highest BCUT2D eigenvalue weighted by Gasteiger charge is 2.34. The van der Waals surface area contributed by atoms with Crippen LogP contribution in [0.15, 0.2) is 58.1 Å². The third-order valence-electron chi connectivity index (χ3n) is 6.26. The number of halogens is 4. The molecule has 0 radical (unpaired) electrons. The Labute approximate surface area is 236 Å². The number of alkyl halides is 3. The number of ether oxygens (including phenoxy) is 2. The van der Waals surface area contributed by atoms with Crippen LogP contribution in [0.2, 0.25) is 5.02 Å². The molecule has 0 fully saturated rings. The number of carbonyl (C=O) groups is 1. The van der Waals surface area contributed by atoms with Gasteiger partial charge in [-0.1, -0.05) is 35.9 Å². The number of aryl methyl sites for hydroxylation is 1.